The first-order valence-corrected chi connectivity index (χ1v) is 15.4. The molecule has 2 aromatic rings. The zero-order valence-electron chi connectivity index (χ0n) is 23.6. The van der Waals surface area contributed by atoms with E-state index in [2.05, 4.69) is 32.2 Å². The maximum atomic E-state index is 13.2. The summed E-state index contributed by atoms with van der Waals surface area (Å²) in [6.07, 6.45) is 10.1. The van der Waals surface area contributed by atoms with Gasteiger partial charge in [-0.15, -0.1) is 11.8 Å². The molecule has 1 aliphatic rings. The molecule has 0 saturated heterocycles. The van der Waals surface area contributed by atoms with E-state index < -0.39 is 11.3 Å². The van der Waals surface area contributed by atoms with Crippen molar-refractivity contribution in [3.8, 4) is 23.3 Å². The molecule has 2 aromatic carbocycles. The quantitative estimate of drug-likeness (QED) is 0.154. The zero-order chi connectivity index (χ0) is 28.3. The van der Waals surface area contributed by atoms with E-state index >= 15 is 0 Å². The molecule has 0 saturated carbocycles. The van der Waals surface area contributed by atoms with E-state index in [-0.39, 0.29) is 28.0 Å². The third-order valence-electron chi connectivity index (χ3n) is 7.65. The van der Waals surface area contributed by atoms with Gasteiger partial charge in [0.05, 0.1) is 18.0 Å². The van der Waals surface area contributed by atoms with E-state index in [1.807, 2.05) is 18.2 Å². The number of amides is 1. The van der Waals surface area contributed by atoms with Crippen LogP contribution in [0.15, 0.2) is 42.5 Å². The van der Waals surface area contributed by atoms with Gasteiger partial charge in [0.1, 0.15) is 23.2 Å². The number of carbonyl (C=O) groups is 1. The van der Waals surface area contributed by atoms with Crippen LogP contribution in [0.2, 0.25) is 0 Å². The van der Waals surface area contributed by atoms with Crippen molar-refractivity contribution in [2.75, 3.05) is 6.61 Å². The Morgan fingerprint density at radius 3 is 2.38 bits per heavy atom. The fourth-order valence-electron chi connectivity index (χ4n) is 5.18. The van der Waals surface area contributed by atoms with Gasteiger partial charge in [0.25, 0.3) is 0 Å². The molecular formula is C32H44N2O4S. The number of hydrogen-bond donors (Lipinski definition) is 3. The minimum absolute atomic E-state index is 0.0899. The van der Waals surface area contributed by atoms with Crippen molar-refractivity contribution >= 4 is 17.7 Å². The summed E-state index contributed by atoms with van der Waals surface area (Å²) in [5.41, 5.74) is 1.53. The van der Waals surface area contributed by atoms with Crippen molar-refractivity contribution in [3.63, 3.8) is 0 Å². The van der Waals surface area contributed by atoms with Gasteiger partial charge in [-0.3, -0.25) is 4.79 Å². The minimum Gasteiger partial charge on any atom is -0.508 e. The number of ether oxygens (including phenoxy) is 1. The lowest BCUT2D eigenvalue weighted by atomic mass is 9.76. The van der Waals surface area contributed by atoms with Crippen LogP contribution in [0, 0.1) is 17.2 Å². The van der Waals surface area contributed by atoms with Crippen LogP contribution in [-0.2, 0) is 10.2 Å². The lowest BCUT2D eigenvalue weighted by molar-refractivity contribution is -0.123. The number of aromatic hydroxyl groups is 2. The number of nitrogens with zero attached hydrogens (tertiary/aromatic N) is 1. The van der Waals surface area contributed by atoms with Crippen molar-refractivity contribution in [2.24, 2.45) is 5.92 Å². The SMILES string of the molecule is CCCCCCCCC(NC(=O)C(C#N)CCCC)SC1c2ccc(O)cc2OCC1(C)c1ccc(O)cc1. The Morgan fingerprint density at radius 2 is 1.69 bits per heavy atom. The number of carbonyl (C=O) groups excluding carboxylic acids is 1. The molecule has 0 aliphatic carbocycles. The second-order valence-electron chi connectivity index (χ2n) is 10.9. The predicted molar refractivity (Wildman–Crippen MR) is 158 cm³/mol. The van der Waals surface area contributed by atoms with Crippen molar-refractivity contribution in [1.82, 2.24) is 5.32 Å². The molecule has 1 aliphatic heterocycles. The van der Waals surface area contributed by atoms with Gasteiger partial charge >= 0.3 is 0 Å². The molecule has 1 heterocycles. The van der Waals surface area contributed by atoms with Gasteiger partial charge in [-0.2, -0.15) is 5.26 Å². The van der Waals surface area contributed by atoms with Crippen molar-refractivity contribution < 1.29 is 19.7 Å². The summed E-state index contributed by atoms with van der Waals surface area (Å²) in [5.74, 6) is 0.150. The smallest absolute Gasteiger partial charge is 0.238 e. The van der Waals surface area contributed by atoms with Gasteiger partial charge in [-0.1, -0.05) is 90.3 Å². The van der Waals surface area contributed by atoms with Crippen LogP contribution in [0.5, 0.6) is 17.2 Å². The fourth-order valence-corrected chi connectivity index (χ4v) is 6.84. The van der Waals surface area contributed by atoms with Crippen LogP contribution in [0.1, 0.15) is 101 Å². The third kappa shape index (κ3) is 8.32. The van der Waals surface area contributed by atoms with Crippen LogP contribution < -0.4 is 10.1 Å². The van der Waals surface area contributed by atoms with Gasteiger partial charge in [-0.05, 0) is 36.6 Å². The van der Waals surface area contributed by atoms with Gasteiger partial charge in [-0.25, -0.2) is 0 Å². The molecule has 4 unspecified atom stereocenters. The molecule has 7 heteroatoms. The van der Waals surface area contributed by atoms with E-state index in [1.165, 1.54) is 25.7 Å². The molecule has 39 heavy (non-hydrogen) atoms. The summed E-state index contributed by atoms with van der Waals surface area (Å²) in [4.78, 5) is 13.2. The Hall–Kier alpha value is -2.85. The average molecular weight is 553 g/mol. The molecule has 3 N–H and O–H groups in total. The van der Waals surface area contributed by atoms with Crippen LogP contribution >= 0.6 is 11.8 Å². The molecule has 4 atom stereocenters. The lowest BCUT2D eigenvalue weighted by Gasteiger charge is -2.43. The number of benzene rings is 2. The molecular weight excluding hydrogens is 508 g/mol. The van der Waals surface area contributed by atoms with E-state index in [0.29, 0.717) is 18.8 Å². The number of unbranched alkanes of at least 4 members (excludes halogenated alkanes) is 6. The highest BCUT2D eigenvalue weighted by Gasteiger charge is 2.44. The molecule has 0 bridgehead atoms. The molecule has 1 amide bonds. The van der Waals surface area contributed by atoms with Crippen LogP contribution in [0.4, 0.5) is 0 Å². The summed E-state index contributed by atoms with van der Waals surface area (Å²) in [6, 6.07) is 14.7. The monoisotopic (exact) mass is 552 g/mol. The first kappa shape index (κ1) is 30.7. The van der Waals surface area contributed by atoms with Crippen molar-refractivity contribution in [2.45, 2.75) is 101 Å². The first-order chi connectivity index (χ1) is 18.8. The van der Waals surface area contributed by atoms with E-state index in [0.717, 1.165) is 43.2 Å². The van der Waals surface area contributed by atoms with Gasteiger partial charge < -0.3 is 20.3 Å². The van der Waals surface area contributed by atoms with E-state index in [4.69, 9.17) is 4.74 Å². The van der Waals surface area contributed by atoms with Crippen LogP contribution in [-0.4, -0.2) is 28.1 Å². The van der Waals surface area contributed by atoms with Crippen LogP contribution in [0.25, 0.3) is 0 Å². The number of nitrogens with one attached hydrogen (secondary N) is 1. The number of phenolic OH excluding ortho intramolecular Hbond substituents is 2. The Balaban J connectivity index is 1.90. The Bertz CT molecular complexity index is 1100. The van der Waals surface area contributed by atoms with Gasteiger partial charge in [0.2, 0.25) is 5.91 Å². The first-order valence-electron chi connectivity index (χ1n) is 14.4. The van der Waals surface area contributed by atoms with E-state index in [9.17, 15) is 20.3 Å². The number of thioether (sulfide) groups is 1. The van der Waals surface area contributed by atoms with Crippen molar-refractivity contribution in [3.05, 3.63) is 53.6 Å². The number of rotatable bonds is 15. The summed E-state index contributed by atoms with van der Waals surface area (Å²) < 4.78 is 6.17. The molecule has 0 aromatic heterocycles. The van der Waals surface area contributed by atoms with Crippen molar-refractivity contribution in [1.29, 1.82) is 5.26 Å². The Labute approximate surface area is 238 Å². The molecule has 3 rings (SSSR count). The predicted octanol–water partition coefficient (Wildman–Crippen LogP) is 7.75. The highest BCUT2D eigenvalue weighted by molar-refractivity contribution is 8.00. The standard InChI is InChI=1S/C32H44N2O4S/c1-4-6-8-9-10-11-13-29(34-31(37)23(21-33)12-7-5-2)39-30-27-19-18-26(36)20-28(27)38-22-32(30,3)24-14-16-25(35)17-15-24/h14-20,23,29-30,35-36H,4-13,22H2,1-3H3,(H,34,37). The van der Waals surface area contributed by atoms with Gasteiger partial charge in [0, 0.05) is 22.3 Å². The summed E-state index contributed by atoms with van der Waals surface area (Å²) in [5, 5.41) is 32.7. The topological polar surface area (TPSA) is 103 Å². The third-order valence-corrected chi connectivity index (χ3v) is 9.38. The van der Waals surface area contributed by atoms with E-state index in [1.54, 1.807) is 36.0 Å². The summed E-state index contributed by atoms with van der Waals surface area (Å²) >= 11 is 1.70. The summed E-state index contributed by atoms with van der Waals surface area (Å²) in [6.45, 7) is 6.81. The number of hydrogen-bond acceptors (Lipinski definition) is 6. The normalized spacial score (nSPS) is 19.8. The second kappa shape index (κ2) is 15.1. The van der Waals surface area contributed by atoms with Gasteiger partial charge in [0.15, 0.2) is 0 Å². The average Bonchev–Trinajstić information content (AvgIpc) is 2.92. The number of fused-ring (bicyclic) bond motifs is 1. The zero-order valence-corrected chi connectivity index (χ0v) is 24.4. The minimum atomic E-state index is -0.653. The maximum Gasteiger partial charge on any atom is 0.238 e. The molecule has 0 radical (unpaired) electrons. The maximum absolute atomic E-state index is 13.2. The highest BCUT2D eigenvalue weighted by Crippen LogP contribution is 2.54. The fraction of sp³-hybridized carbons (Fsp3) is 0.562. The largest absolute Gasteiger partial charge is 0.508 e. The molecule has 212 valence electrons. The number of phenols is 2. The second-order valence-corrected chi connectivity index (χ2v) is 12.2. The lowest BCUT2D eigenvalue weighted by Crippen LogP contribution is -2.43. The molecule has 0 spiro atoms. The Kier molecular flexibility index (Phi) is 11.9. The highest BCUT2D eigenvalue weighted by atomic mass is 32.2. The van der Waals surface area contributed by atoms with Crippen LogP contribution in [0.3, 0.4) is 0 Å². The Morgan fingerprint density at radius 1 is 1.03 bits per heavy atom. The molecule has 6 nitrogen and oxygen atoms in total. The summed E-state index contributed by atoms with van der Waals surface area (Å²) in [7, 11) is 0. The number of nitriles is 1. The molecule has 0 fully saturated rings.